The predicted molar refractivity (Wildman–Crippen MR) is 133 cm³/mol. The lowest BCUT2D eigenvalue weighted by atomic mass is 9.89. The molecule has 0 amide bonds. The number of benzene rings is 1. The van der Waals surface area contributed by atoms with E-state index in [1.54, 1.807) is 6.21 Å². The zero-order chi connectivity index (χ0) is 23.6. The Morgan fingerprint density at radius 1 is 1.18 bits per heavy atom. The third-order valence-corrected chi connectivity index (χ3v) is 6.11. The van der Waals surface area contributed by atoms with Gasteiger partial charge in [0.15, 0.2) is 5.82 Å². The topological polar surface area (TPSA) is 85.3 Å². The molecule has 2 aliphatic rings. The number of ether oxygens (including phenoxy) is 3. The first-order chi connectivity index (χ1) is 16.7. The second-order valence-electron chi connectivity index (χ2n) is 8.78. The SMILES string of the molecule is Cc1cccc(/C=N/Nc2cc(N3CCOCC3)cc(OCCOC(=O)C3CCCCC3)n2)c1. The fraction of sp³-hybridized carbons (Fsp3) is 0.500. The van der Waals surface area contributed by atoms with E-state index in [9.17, 15) is 4.79 Å². The van der Waals surface area contributed by atoms with Gasteiger partial charge in [-0.3, -0.25) is 10.2 Å². The normalized spacial score (nSPS) is 17.0. The molecule has 1 aromatic carbocycles. The number of carbonyl (C=O) groups is 1. The molecule has 1 saturated heterocycles. The number of nitrogens with zero attached hydrogens (tertiary/aromatic N) is 3. The van der Waals surface area contributed by atoms with E-state index in [0.29, 0.717) is 24.9 Å². The van der Waals surface area contributed by atoms with Gasteiger partial charge in [0, 0.05) is 30.9 Å². The largest absolute Gasteiger partial charge is 0.474 e. The average Bonchev–Trinajstić information content (AvgIpc) is 2.87. The van der Waals surface area contributed by atoms with E-state index in [2.05, 4.69) is 26.5 Å². The van der Waals surface area contributed by atoms with Gasteiger partial charge in [-0.15, -0.1) is 0 Å². The summed E-state index contributed by atoms with van der Waals surface area (Å²) in [6.07, 6.45) is 7.06. The average molecular weight is 467 g/mol. The summed E-state index contributed by atoms with van der Waals surface area (Å²) >= 11 is 0. The Morgan fingerprint density at radius 2 is 2.00 bits per heavy atom. The minimum atomic E-state index is -0.105. The van der Waals surface area contributed by atoms with Crippen molar-refractivity contribution in [3.05, 3.63) is 47.5 Å². The number of morpholine rings is 1. The van der Waals surface area contributed by atoms with Crippen LogP contribution in [0.2, 0.25) is 0 Å². The number of nitrogens with one attached hydrogen (secondary N) is 1. The summed E-state index contributed by atoms with van der Waals surface area (Å²) in [5, 5.41) is 4.35. The number of esters is 1. The van der Waals surface area contributed by atoms with E-state index >= 15 is 0 Å². The summed E-state index contributed by atoms with van der Waals surface area (Å²) in [6.45, 7) is 5.49. The molecule has 0 radical (unpaired) electrons. The number of hydrogen-bond donors (Lipinski definition) is 1. The molecule has 1 saturated carbocycles. The lowest BCUT2D eigenvalue weighted by Crippen LogP contribution is -2.36. The Morgan fingerprint density at radius 3 is 2.79 bits per heavy atom. The number of rotatable bonds is 9. The van der Waals surface area contributed by atoms with Gasteiger partial charge in [0.2, 0.25) is 5.88 Å². The quantitative estimate of drug-likeness (QED) is 0.257. The van der Waals surface area contributed by atoms with Gasteiger partial charge in [0.05, 0.1) is 25.3 Å². The Labute approximate surface area is 201 Å². The summed E-state index contributed by atoms with van der Waals surface area (Å²) in [6, 6.07) is 12.0. The fourth-order valence-electron chi connectivity index (χ4n) is 4.29. The van der Waals surface area contributed by atoms with Crippen LogP contribution < -0.4 is 15.1 Å². The molecule has 0 bridgehead atoms. The van der Waals surface area contributed by atoms with Crippen LogP contribution in [0.4, 0.5) is 11.5 Å². The molecule has 182 valence electrons. The molecule has 34 heavy (non-hydrogen) atoms. The molecule has 8 heteroatoms. The van der Waals surface area contributed by atoms with Gasteiger partial charge in [0.1, 0.15) is 13.2 Å². The zero-order valence-corrected chi connectivity index (χ0v) is 19.9. The standard InChI is InChI=1S/C26H34N4O4/c1-20-6-5-7-21(16-20)19-27-29-24-17-23(30-10-12-32-13-11-30)18-25(28-24)33-14-15-34-26(31)22-8-3-2-4-9-22/h5-7,16-19,22H,2-4,8-15H2,1H3,(H,28,29)/b27-19+. The zero-order valence-electron chi connectivity index (χ0n) is 19.9. The second kappa shape index (κ2) is 12.4. The van der Waals surface area contributed by atoms with E-state index in [-0.39, 0.29) is 25.1 Å². The minimum Gasteiger partial charge on any atom is -0.474 e. The highest BCUT2D eigenvalue weighted by molar-refractivity contribution is 5.80. The molecule has 0 unspecified atom stereocenters. The molecule has 4 rings (SSSR count). The van der Waals surface area contributed by atoms with E-state index in [0.717, 1.165) is 50.0 Å². The summed E-state index contributed by atoms with van der Waals surface area (Å²) in [4.78, 5) is 19.0. The molecule has 1 aromatic heterocycles. The lowest BCUT2D eigenvalue weighted by molar-refractivity contribution is -0.150. The van der Waals surface area contributed by atoms with Crippen molar-refractivity contribution in [3.63, 3.8) is 0 Å². The number of aryl methyl sites for hydroxylation is 1. The Balaban J connectivity index is 1.37. The molecule has 1 aliphatic heterocycles. The number of aromatic nitrogens is 1. The molecule has 0 atom stereocenters. The van der Waals surface area contributed by atoms with Crippen LogP contribution in [0, 0.1) is 12.8 Å². The molecule has 2 aromatic rings. The van der Waals surface area contributed by atoms with Crippen molar-refractivity contribution >= 4 is 23.7 Å². The minimum absolute atomic E-state index is 0.0404. The molecular weight excluding hydrogens is 432 g/mol. The van der Waals surface area contributed by atoms with E-state index in [4.69, 9.17) is 14.2 Å². The van der Waals surface area contributed by atoms with Crippen LogP contribution in [0.15, 0.2) is 41.5 Å². The van der Waals surface area contributed by atoms with Gasteiger partial charge in [0.25, 0.3) is 0 Å². The van der Waals surface area contributed by atoms with Gasteiger partial charge >= 0.3 is 5.97 Å². The summed E-state index contributed by atoms with van der Waals surface area (Å²) in [5.74, 6) is 0.984. The first-order valence-electron chi connectivity index (χ1n) is 12.2. The molecule has 2 fully saturated rings. The maximum absolute atomic E-state index is 12.2. The lowest BCUT2D eigenvalue weighted by Gasteiger charge is -2.29. The van der Waals surface area contributed by atoms with Gasteiger partial charge in [-0.05, 0) is 25.3 Å². The smallest absolute Gasteiger partial charge is 0.309 e. The van der Waals surface area contributed by atoms with Crippen LogP contribution in [-0.4, -0.2) is 56.7 Å². The van der Waals surface area contributed by atoms with Crippen LogP contribution in [0.5, 0.6) is 5.88 Å². The van der Waals surface area contributed by atoms with Crippen molar-refractivity contribution in [2.45, 2.75) is 39.0 Å². The summed E-state index contributed by atoms with van der Waals surface area (Å²) in [7, 11) is 0. The molecule has 1 N–H and O–H groups in total. The number of pyridine rings is 1. The molecule has 8 nitrogen and oxygen atoms in total. The van der Waals surface area contributed by atoms with Crippen molar-refractivity contribution in [1.82, 2.24) is 4.98 Å². The van der Waals surface area contributed by atoms with Crippen LogP contribution in [0.1, 0.15) is 43.2 Å². The fourth-order valence-corrected chi connectivity index (χ4v) is 4.29. The van der Waals surface area contributed by atoms with E-state index in [1.165, 1.54) is 12.0 Å². The van der Waals surface area contributed by atoms with Gasteiger partial charge in [-0.25, -0.2) is 0 Å². The van der Waals surface area contributed by atoms with Crippen molar-refractivity contribution < 1.29 is 19.0 Å². The maximum atomic E-state index is 12.2. The van der Waals surface area contributed by atoms with Crippen LogP contribution in [0.25, 0.3) is 0 Å². The summed E-state index contributed by atoms with van der Waals surface area (Å²) < 4.78 is 16.8. The Hall–Kier alpha value is -3.13. The molecule has 0 spiro atoms. The van der Waals surface area contributed by atoms with Gasteiger partial charge in [-0.2, -0.15) is 10.1 Å². The number of carbonyl (C=O) groups excluding carboxylic acids is 1. The Kier molecular flexibility index (Phi) is 8.73. The third kappa shape index (κ3) is 7.18. The van der Waals surface area contributed by atoms with Crippen molar-refractivity contribution in [2.75, 3.05) is 49.8 Å². The first-order valence-corrected chi connectivity index (χ1v) is 12.2. The number of hydrazone groups is 1. The van der Waals surface area contributed by atoms with E-state index in [1.807, 2.05) is 37.3 Å². The molecular formula is C26H34N4O4. The third-order valence-electron chi connectivity index (χ3n) is 6.11. The van der Waals surface area contributed by atoms with Crippen molar-refractivity contribution in [2.24, 2.45) is 11.0 Å². The number of hydrogen-bond acceptors (Lipinski definition) is 8. The van der Waals surface area contributed by atoms with Gasteiger partial charge in [-0.1, -0.05) is 49.1 Å². The number of anilines is 2. The predicted octanol–water partition coefficient (Wildman–Crippen LogP) is 4.17. The van der Waals surface area contributed by atoms with Crippen molar-refractivity contribution in [3.8, 4) is 5.88 Å². The monoisotopic (exact) mass is 466 g/mol. The van der Waals surface area contributed by atoms with Crippen LogP contribution in [-0.2, 0) is 14.3 Å². The van der Waals surface area contributed by atoms with Crippen LogP contribution in [0.3, 0.4) is 0 Å². The van der Waals surface area contributed by atoms with Crippen molar-refractivity contribution in [1.29, 1.82) is 0 Å². The summed E-state index contributed by atoms with van der Waals surface area (Å²) in [5.41, 5.74) is 6.19. The maximum Gasteiger partial charge on any atom is 0.309 e. The highest BCUT2D eigenvalue weighted by atomic mass is 16.6. The highest BCUT2D eigenvalue weighted by Crippen LogP contribution is 2.26. The first kappa shape index (κ1) is 24.0. The molecule has 2 heterocycles. The Bertz CT molecular complexity index is 969. The molecule has 1 aliphatic carbocycles. The van der Waals surface area contributed by atoms with Gasteiger partial charge < -0.3 is 19.1 Å². The van der Waals surface area contributed by atoms with E-state index < -0.39 is 0 Å². The van der Waals surface area contributed by atoms with Crippen LogP contribution >= 0.6 is 0 Å². The second-order valence-corrected chi connectivity index (χ2v) is 8.78. The highest BCUT2D eigenvalue weighted by Gasteiger charge is 2.22.